The second kappa shape index (κ2) is 4.41. The van der Waals surface area contributed by atoms with Crippen molar-refractivity contribution in [2.24, 2.45) is 0 Å². The molecule has 106 valence electrons. The maximum absolute atomic E-state index is 12.8. The molecule has 0 unspecified atom stereocenters. The van der Waals surface area contributed by atoms with Crippen molar-refractivity contribution in [3.8, 4) is 11.4 Å². The molecule has 3 rings (SSSR count). The predicted molar refractivity (Wildman–Crippen MR) is 80.4 cm³/mol. The van der Waals surface area contributed by atoms with Crippen LogP contribution < -0.4 is 5.56 Å². The number of pyridine rings is 1. The Labute approximate surface area is 122 Å². The van der Waals surface area contributed by atoms with Crippen molar-refractivity contribution in [2.75, 3.05) is 0 Å². The van der Waals surface area contributed by atoms with Gasteiger partial charge in [0.1, 0.15) is 0 Å². The number of aromatic amines is 2. The van der Waals surface area contributed by atoms with Gasteiger partial charge in [-0.3, -0.25) is 15.0 Å². The van der Waals surface area contributed by atoms with Crippen LogP contribution in [0.3, 0.4) is 0 Å². The molecule has 0 radical (unpaired) electrons. The molecule has 2 aromatic rings. The first-order valence-corrected chi connectivity index (χ1v) is 7.20. The number of hydrogen-bond donors (Lipinski definition) is 2. The first-order chi connectivity index (χ1) is 9.38. The van der Waals surface area contributed by atoms with Crippen molar-refractivity contribution in [1.82, 2.24) is 19.7 Å². The van der Waals surface area contributed by atoms with Crippen molar-refractivity contribution in [3.63, 3.8) is 0 Å². The monoisotopic (exact) mass is 290 g/mol. The number of H-pyrrole nitrogens is 2. The average Bonchev–Trinajstić information content (AvgIpc) is 3.10. The molecule has 5 nitrogen and oxygen atoms in total. The zero-order valence-corrected chi connectivity index (χ0v) is 12.7. The third kappa shape index (κ3) is 2.24. The Morgan fingerprint density at radius 2 is 2.00 bits per heavy atom. The van der Waals surface area contributed by atoms with Crippen molar-refractivity contribution in [1.29, 1.82) is 0 Å². The lowest BCUT2D eigenvalue weighted by molar-refractivity contribution is 0.506. The highest BCUT2D eigenvalue weighted by atomic mass is 32.1. The summed E-state index contributed by atoms with van der Waals surface area (Å²) in [6.45, 7) is 6.38. The van der Waals surface area contributed by atoms with E-state index in [2.05, 4.69) is 36.0 Å². The number of aromatic nitrogens is 4. The normalized spacial score (nSPS) is 15.6. The lowest BCUT2D eigenvalue weighted by Gasteiger charge is -2.24. The number of nitrogens with one attached hydrogen (secondary N) is 2. The van der Waals surface area contributed by atoms with Gasteiger partial charge in [0.05, 0.1) is 5.56 Å². The summed E-state index contributed by atoms with van der Waals surface area (Å²) in [6, 6.07) is 4.20. The van der Waals surface area contributed by atoms with Crippen LogP contribution in [0.2, 0.25) is 0 Å². The Balaban J connectivity index is 2.23. The van der Waals surface area contributed by atoms with E-state index in [1.165, 1.54) is 0 Å². The lowest BCUT2D eigenvalue weighted by atomic mass is 9.90. The highest BCUT2D eigenvalue weighted by molar-refractivity contribution is 7.71. The summed E-state index contributed by atoms with van der Waals surface area (Å²) >= 11 is 4.95. The zero-order chi connectivity index (χ0) is 14.5. The van der Waals surface area contributed by atoms with Crippen LogP contribution in [0.4, 0.5) is 0 Å². The van der Waals surface area contributed by atoms with Gasteiger partial charge >= 0.3 is 0 Å². The third-order valence-corrected chi connectivity index (χ3v) is 3.75. The lowest BCUT2D eigenvalue weighted by Crippen LogP contribution is -2.30. The molecule has 6 heteroatoms. The van der Waals surface area contributed by atoms with Crippen LogP contribution in [-0.4, -0.2) is 19.7 Å². The van der Waals surface area contributed by atoms with Crippen molar-refractivity contribution in [3.05, 3.63) is 33.0 Å². The molecule has 1 aliphatic rings. The van der Waals surface area contributed by atoms with E-state index in [0.717, 1.165) is 18.5 Å². The molecule has 2 N–H and O–H groups in total. The Hall–Kier alpha value is -1.69. The summed E-state index contributed by atoms with van der Waals surface area (Å²) in [7, 11) is 0. The SMILES string of the molecule is CC(C)(C)c1ccc(-c2nc(=S)[nH][nH]2)c(=O)n1C1CC1. The minimum Gasteiger partial charge on any atom is -0.308 e. The topological polar surface area (TPSA) is 66.5 Å². The van der Waals surface area contributed by atoms with E-state index in [-0.39, 0.29) is 11.0 Å². The minimum absolute atomic E-state index is 0.0117. The fourth-order valence-electron chi connectivity index (χ4n) is 2.44. The third-order valence-electron chi connectivity index (χ3n) is 3.55. The summed E-state index contributed by atoms with van der Waals surface area (Å²) < 4.78 is 2.29. The molecule has 2 heterocycles. The van der Waals surface area contributed by atoms with Gasteiger partial charge in [0.2, 0.25) is 4.77 Å². The van der Waals surface area contributed by atoms with E-state index in [1.807, 2.05) is 16.7 Å². The van der Waals surface area contributed by atoms with Crippen LogP contribution in [0.1, 0.15) is 45.3 Å². The van der Waals surface area contributed by atoms with Gasteiger partial charge in [0.15, 0.2) is 5.82 Å². The smallest absolute Gasteiger partial charge is 0.262 e. The molecular weight excluding hydrogens is 272 g/mol. The van der Waals surface area contributed by atoms with Gasteiger partial charge in [0, 0.05) is 17.2 Å². The van der Waals surface area contributed by atoms with Gasteiger partial charge in [-0.2, -0.15) is 4.98 Å². The number of nitrogens with zero attached hydrogens (tertiary/aromatic N) is 2. The molecule has 0 amide bonds. The van der Waals surface area contributed by atoms with Crippen LogP contribution >= 0.6 is 12.2 Å². The number of hydrogen-bond acceptors (Lipinski definition) is 3. The van der Waals surface area contributed by atoms with E-state index < -0.39 is 0 Å². The summed E-state index contributed by atoms with van der Waals surface area (Å²) in [5, 5.41) is 5.59. The fourth-order valence-corrected chi connectivity index (χ4v) is 2.58. The van der Waals surface area contributed by atoms with Crippen LogP contribution in [-0.2, 0) is 5.41 Å². The molecule has 0 aromatic carbocycles. The van der Waals surface area contributed by atoms with E-state index >= 15 is 0 Å². The average molecular weight is 290 g/mol. The van der Waals surface area contributed by atoms with Crippen LogP contribution in [0.5, 0.6) is 0 Å². The van der Waals surface area contributed by atoms with Gasteiger partial charge in [0.25, 0.3) is 5.56 Å². The Kier molecular flexibility index (Phi) is 2.93. The molecule has 1 aliphatic carbocycles. The van der Waals surface area contributed by atoms with Crippen molar-refractivity contribution < 1.29 is 0 Å². The quantitative estimate of drug-likeness (QED) is 0.836. The van der Waals surface area contributed by atoms with Crippen LogP contribution in [0, 0.1) is 4.77 Å². The fraction of sp³-hybridized carbons (Fsp3) is 0.500. The highest BCUT2D eigenvalue weighted by Crippen LogP contribution is 2.37. The second-order valence-corrected chi connectivity index (χ2v) is 6.69. The second-order valence-electron chi connectivity index (χ2n) is 6.30. The van der Waals surface area contributed by atoms with Crippen LogP contribution in [0.15, 0.2) is 16.9 Å². The van der Waals surface area contributed by atoms with E-state index in [9.17, 15) is 4.79 Å². The number of rotatable bonds is 2. The molecule has 0 aliphatic heterocycles. The molecule has 1 fully saturated rings. The van der Waals surface area contributed by atoms with Gasteiger partial charge in [-0.25, -0.2) is 0 Å². The summed E-state index contributed by atoms with van der Waals surface area (Å²) in [4.78, 5) is 16.9. The van der Waals surface area contributed by atoms with Gasteiger partial charge < -0.3 is 4.57 Å². The molecule has 0 bridgehead atoms. The zero-order valence-electron chi connectivity index (χ0n) is 11.9. The molecule has 1 saturated carbocycles. The standard InChI is InChI=1S/C14H18N4OS/c1-14(2,3)10-7-6-9(11-15-13(20)17-16-11)12(19)18(10)8-4-5-8/h6-8H,4-5H2,1-3H3,(H2,15,16,17,20). The molecular formula is C14H18N4OS. The minimum atomic E-state index is -0.0568. The molecule has 0 spiro atoms. The van der Waals surface area contributed by atoms with Crippen molar-refractivity contribution in [2.45, 2.75) is 45.1 Å². The molecule has 20 heavy (non-hydrogen) atoms. The van der Waals surface area contributed by atoms with Gasteiger partial charge in [-0.1, -0.05) is 20.8 Å². The maximum atomic E-state index is 12.8. The molecule has 2 aromatic heterocycles. The Morgan fingerprint density at radius 1 is 1.30 bits per heavy atom. The summed E-state index contributed by atoms with van der Waals surface area (Å²) in [6.07, 6.45) is 2.14. The van der Waals surface area contributed by atoms with E-state index in [0.29, 0.717) is 22.2 Å². The van der Waals surface area contributed by atoms with Gasteiger partial charge in [-0.15, -0.1) is 0 Å². The van der Waals surface area contributed by atoms with E-state index in [4.69, 9.17) is 12.2 Å². The summed E-state index contributed by atoms with van der Waals surface area (Å²) in [5.41, 5.74) is 1.59. The highest BCUT2D eigenvalue weighted by Gasteiger charge is 2.31. The molecule has 0 saturated heterocycles. The first kappa shape index (κ1) is 13.3. The summed E-state index contributed by atoms with van der Waals surface area (Å²) in [5.74, 6) is 0.509. The Morgan fingerprint density at radius 3 is 2.50 bits per heavy atom. The first-order valence-electron chi connectivity index (χ1n) is 6.79. The van der Waals surface area contributed by atoms with Gasteiger partial charge in [-0.05, 0) is 37.2 Å². The van der Waals surface area contributed by atoms with Crippen LogP contribution in [0.25, 0.3) is 11.4 Å². The Bertz CT molecular complexity index is 758. The van der Waals surface area contributed by atoms with E-state index in [1.54, 1.807) is 0 Å². The molecule has 0 atom stereocenters. The predicted octanol–water partition coefficient (Wildman–Crippen LogP) is 2.93. The van der Waals surface area contributed by atoms with Crippen molar-refractivity contribution >= 4 is 12.2 Å². The maximum Gasteiger partial charge on any atom is 0.262 e. The largest absolute Gasteiger partial charge is 0.308 e.